The molecule has 0 aliphatic rings. The normalized spacial score (nSPS) is 10.3. The summed E-state index contributed by atoms with van der Waals surface area (Å²) in [5, 5.41) is 12.5. The summed E-state index contributed by atoms with van der Waals surface area (Å²) in [4.78, 5) is 12.4. The molecule has 25 heavy (non-hydrogen) atoms. The van der Waals surface area contributed by atoms with Crippen molar-refractivity contribution in [3.05, 3.63) is 75.3 Å². The van der Waals surface area contributed by atoms with Gasteiger partial charge in [0.05, 0.1) is 10.6 Å². The number of nitrogens with zero attached hydrogens (tertiary/aromatic N) is 1. The van der Waals surface area contributed by atoms with Crippen LogP contribution in [0.15, 0.2) is 52.9 Å². The van der Waals surface area contributed by atoms with Crippen molar-refractivity contribution in [2.24, 2.45) is 0 Å². The van der Waals surface area contributed by atoms with E-state index >= 15 is 0 Å². The number of furan rings is 1. The molecule has 0 bridgehead atoms. The average Bonchev–Trinajstić information content (AvgIpc) is 2.98. The van der Waals surface area contributed by atoms with E-state index < -0.39 is 5.91 Å². The molecule has 1 N–H and O–H groups in total. The topological polar surface area (TPSA) is 66.0 Å². The highest BCUT2D eigenvalue weighted by molar-refractivity contribution is 6.37. The fourth-order valence-corrected chi connectivity index (χ4v) is 2.77. The van der Waals surface area contributed by atoms with E-state index in [1.54, 1.807) is 12.1 Å². The Morgan fingerprint density at radius 3 is 2.48 bits per heavy atom. The zero-order valence-electron chi connectivity index (χ0n) is 13.1. The molecule has 0 spiro atoms. The number of aryl methyl sites for hydroxylation is 1. The van der Waals surface area contributed by atoms with Crippen LogP contribution in [0.2, 0.25) is 10.0 Å². The van der Waals surface area contributed by atoms with E-state index in [2.05, 4.69) is 5.32 Å². The van der Waals surface area contributed by atoms with Crippen LogP contribution in [0.25, 0.3) is 11.3 Å². The van der Waals surface area contributed by atoms with Crippen LogP contribution in [-0.2, 0) is 0 Å². The first-order chi connectivity index (χ1) is 12.0. The van der Waals surface area contributed by atoms with Crippen molar-refractivity contribution in [1.29, 1.82) is 5.26 Å². The number of rotatable bonds is 3. The molecule has 0 aliphatic carbocycles. The lowest BCUT2D eigenvalue weighted by Gasteiger charge is -2.05. The number of hydrogen-bond donors (Lipinski definition) is 1. The van der Waals surface area contributed by atoms with E-state index in [0.29, 0.717) is 10.8 Å². The molecule has 1 heterocycles. The van der Waals surface area contributed by atoms with Gasteiger partial charge in [-0.2, -0.15) is 5.26 Å². The van der Waals surface area contributed by atoms with Crippen LogP contribution in [-0.4, -0.2) is 5.91 Å². The van der Waals surface area contributed by atoms with Crippen molar-refractivity contribution in [3.63, 3.8) is 0 Å². The molecule has 0 unspecified atom stereocenters. The molecular formula is C19H12Cl2N2O2. The smallest absolute Gasteiger partial charge is 0.259 e. The maximum atomic E-state index is 12.4. The molecule has 4 nitrogen and oxygen atoms in total. The molecule has 3 rings (SSSR count). The van der Waals surface area contributed by atoms with Gasteiger partial charge in [0.1, 0.15) is 17.4 Å². The number of hydrogen-bond acceptors (Lipinski definition) is 3. The van der Waals surface area contributed by atoms with E-state index in [0.717, 1.165) is 11.1 Å². The lowest BCUT2D eigenvalue weighted by molar-refractivity contribution is 0.102. The van der Waals surface area contributed by atoms with Gasteiger partial charge in [-0.15, -0.1) is 0 Å². The monoisotopic (exact) mass is 370 g/mol. The van der Waals surface area contributed by atoms with Crippen molar-refractivity contribution >= 4 is 35.0 Å². The summed E-state index contributed by atoms with van der Waals surface area (Å²) in [5.74, 6) is 0.0890. The lowest BCUT2D eigenvalue weighted by atomic mass is 10.1. The third kappa shape index (κ3) is 3.69. The van der Waals surface area contributed by atoms with Crippen molar-refractivity contribution < 1.29 is 9.21 Å². The number of halogens is 2. The summed E-state index contributed by atoms with van der Waals surface area (Å²) in [7, 11) is 0. The SMILES string of the molecule is Cc1ccc(-c2cc(C#N)c(NC(=O)c3ccc(Cl)cc3Cl)o2)cc1. The van der Waals surface area contributed by atoms with Gasteiger partial charge in [0.2, 0.25) is 5.88 Å². The van der Waals surface area contributed by atoms with Gasteiger partial charge in [-0.05, 0) is 25.1 Å². The molecule has 0 saturated carbocycles. The Balaban J connectivity index is 1.91. The van der Waals surface area contributed by atoms with Crippen LogP contribution in [0, 0.1) is 18.3 Å². The average molecular weight is 371 g/mol. The predicted molar refractivity (Wildman–Crippen MR) is 98.0 cm³/mol. The second-order valence-corrected chi connectivity index (χ2v) is 6.25. The van der Waals surface area contributed by atoms with E-state index in [9.17, 15) is 10.1 Å². The Morgan fingerprint density at radius 2 is 1.84 bits per heavy atom. The summed E-state index contributed by atoms with van der Waals surface area (Å²) in [6.07, 6.45) is 0. The number of nitrogens with one attached hydrogen (secondary N) is 1. The van der Waals surface area contributed by atoms with Gasteiger partial charge in [-0.25, -0.2) is 0 Å². The number of amides is 1. The molecule has 2 aromatic carbocycles. The first kappa shape index (κ1) is 17.1. The molecule has 3 aromatic rings. The number of carbonyl (C=O) groups is 1. The zero-order valence-corrected chi connectivity index (χ0v) is 14.7. The minimum Gasteiger partial charge on any atom is -0.439 e. The van der Waals surface area contributed by atoms with Crippen molar-refractivity contribution in [2.45, 2.75) is 6.92 Å². The van der Waals surface area contributed by atoms with E-state index in [1.165, 1.54) is 12.1 Å². The van der Waals surface area contributed by atoms with Crippen LogP contribution >= 0.6 is 23.2 Å². The maximum Gasteiger partial charge on any atom is 0.259 e. The van der Waals surface area contributed by atoms with Crippen LogP contribution in [0.3, 0.4) is 0 Å². The minimum absolute atomic E-state index is 0.0779. The van der Waals surface area contributed by atoms with Crippen LogP contribution in [0.4, 0.5) is 5.88 Å². The summed E-state index contributed by atoms with van der Waals surface area (Å²) >= 11 is 11.9. The van der Waals surface area contributed by atoms with Crippen LogP contribution < -0.4 is 5.32 Å². The summed E-state index contributed by atoms with van der Waals surface area (Å²) < 4.78 is 5.66. The zero-order chi connectivity index (χ0) is 18.0. The highest BCUT2D eigenvalue weighted by Crippen LogP contribution is 2.30. The molecule has 0 radical (unpaired) electrons. The quantitative estimate of drug-likeness (QED) is 0.644. The number of nitriles is 1. The molecule has 6 heteroatoms. The van der Waals surface area contributed by atoms with E-state index in [4.69, 9.17) is 27.6 Å². The van der Waals surface area contributed by atoms with Crippen molar-refractivity contribution in [1.82, 2.24) is 0 Å². The van der Waals surface area contributed by atoms with Gasteiger partial charge in [0, 0.05) is 16.7 Å². The van der Waals surface area contributed by atoms with Gasteiger partial charge >= 0.3 is 0 Å². The first-order valence-corrected chi connectivity index (χ1v) is 8.11. The summed E-state index contributed by atoms with van der Waals surface area (Å²) in [5.41, 5.74) is 2.39. The van der Waals surface area contributed by atoms with E-state index in [-0.39, 0.29) is 22.0 Å². The first-order valence-electron chi connectivity index (χ1n) is 7.35. The molecule has 124 valence electrons. The molecule has 1 amide bonds. The number of benzene rings is 2. The van der Waals surface area contributed by atoms with Gasteiger partial charge in [-0.1, -0.05) is 53.0 Å². The highest BCUT2D eigenvalue weighted by atomic mass is 35.5. The van der Waals surface area contributed by atoms with Crippen molar-refractivity contribution in [3.8, 4) is 17.4 Å². The predicted octanol–water partition coefficient (Wildman–Crippen LogP) is 5.69. The Labute approximate surface area is 154 Å². The standard InChI is InChI=1S/C19H12Cl2N2O2/c1-11-2-4-12(5-3-11)17-8-13(10-22)19(25-17)23-18(24)15-7-6-14(20)9-16(15)21/h2-9H,1H3,(H,23,24). The molecule has 0 saturated heterocycles. The van der Waals surface area contributed by atoms with Crippen LogP contribution in [0.1, 0.15) is 21.5 Å². The minimum atomic E-state index is -0.483. The molecule has 0 aliphatic heterocycles. The molecular weight excluding hydrogens is 359 g/mol. The highest BCUT2D eigenvalue weighted by Gasteiger charge is 2.17. The molecule has 1 aromatic heterocycles. The molecule has 0 fully saturated rings. The van der Waals surface area contributed by atoms with E-state index in [1.807, 2.05) is 37.3 Å². The fraction of sp³-hybridized carbons (Fsp3) is 0.0526. The summed E-state index contributed by atoms with van der Waals surface area (Å²) in [6.45, 7) is 1.98. The second-order valence-electron chi connectivity index (χ2n) is 5.41. The third-order valence-electron chi connectivity index (χ3n) is 3.59. The number of anilines is 1. The number of carbonyl (C=O) groups excluding carboxylic acids is 1. The Bertz CT molecular complexity index is 986. The van der Waals surface area contributed by atoms with Gasteiger partial charge < -0.3 is 4.42 Å². The van der Waals surface area contributed by atoms with Gasteiger partial charge in [0.15, 0.2) is 0 Å². The maximum absolute atomic E-state index is 12.4. The Morgan fingerprint density at radius 1 is 1.12 bits per heavy atom. The largest absolute Gasteiger partial charge is 0.439 e. The van der Waals surface area contributed by atoms with Gasteiger partial charge in [0.25, 0.3) is 5.91 Å². The van der Waals surface area contributed by atoms with Crippen LogP contribution in [0.5, 0.6) is 0 Å². The summed E-state index contributed by atoms with van der Waals surface area (Å²) in [6, 6.07) is 15.8. The second kappa shape index (κ2) is 7.02. The third-order valence-corrected chi connectivity index (χ3v) is 4.14. The fourth-order valence-electron chi connectivity index (χ4n) is 2.27. The van der Waals surface area contributed by atoms with Crippen molar-refractivity contribution in [2.75, 3.05) is 5.32 Å². The lowest BCUT2D eigenvalue weighted by Crippen LogP contribution is -2.12. The van der Waals surface area contributed by atoms with Gasteiger partial charge in [-0.3, -0.25) is 10.1 Å². The molecule has 0 atom stereocenters. The Hall–Kier alpha value is -2.74. The Kier molecular flexibility index (Phi) is 4.80.